The Hall–Kier alpha value is -2.41. The van der Waals surface area contributed by atoms with Gasteiger partial charge < -0.3 is 15.3 Å². The van der Waals surface area contributed by atoms with Crippen molar-refractivity contribution in [2.75, 3.05) is 20.0 Å². The standard InChI is InChI=1S/C12H15N5O2/c1-18-7-8-5-3-4-6-9(8)10(17-19-2)11-14-12(13)16-15-11/h3-6H,7H2,1-2H3,(H3,13,14,15,16)/b17-10-. The SMILES string of the molecule is COCc1ccccc1/C(=N/OC)c1nc(N)n[nH]1. The van der Waals surface area contributed by atoms with Gasteiger partial charge in [0, 0.05) is 12.7 Å². The van der Waals surface area contributed by atoms with Crippen molar-refractivity contribution in [1.82, 2.24) is 15.2 Å². The van der Waals surface area contributed by atoms with E-state index in [1.165, 1.54) is 7.11 Å². The van der Waals surface area contributed by atoms with Gasteiger partial charge in [0.2, 0.25) is 5.95 Å². The number of H-pyrrole nitrogens is 1. The molecule has 0 aliphatic heterocycles. The van der Waals surface area contributed by atoms with Crippen LogP contribution in [0, 0.1) is 0 Å². The maximum Gasteiger partial charge on any atom is 0.239 e. The van der Waals surface area contributed by atoms with Crippen molar-refractivity contribution in [3.63, 3.8) is 0 Å². The normalized spacial score (nSPS) is 11.6. The number of methoxy groups -OCH3 is 1. The highest BCUT2D eigenvalue weighted by Gasteiger charge is 2.16. The highest BCUT2D eigenvalue weighted by atomic mass is 16.6. The molecule has 0 atom stereocenters. The van der Waals surface area contributed by atoms with Gasteiger partial charge in [-0.05, 0) is 5.56 Å². The summed E-state index contributed by atoms with van der Waals surface area (Å²) >= 11 is 0. The summed E-state index contributed by atoms with van der Waals surface area (Å²) in [5, 5.41) is 10.5. The minimum Gasteiger partial charge on any atom is -0.399 e. The van der Waals surface area contributed by atoms with Crippen molar-refractivity contribution in [2.24, 2.45) is 5.16 Å². The van der Waals surface area contributed by atoms with Crippen LogP contribution in [0.3, 0.4) is 0 Å². The number of rotatable bonds is 5. The monoisotopic (exact) mass is 261 g/mol. The first-order chi connectivity index (χ1) is 9.26. The summed E-state index contributed by atoms with van der Waals surface area (Å²) in [6.07, 6.45) is 0. The molecule has 1 aromatic heterocycles. The van der Waals surface area contributed by atoms with Crippen LogP contribution >= 0.6 is 0 Å². The summed E-state index contributed by atoms with van der Waals surface area (Å²) in [7, 11) is 3.11. The minimum atomic E-state index is 0.156. The molecule has 0 bridgehead atoms. The van der Waals surface area contributed by atoms with Crippen molar-refractivity contribution >= 4 is 11.7 Å². The van der Waals surface area contributed by atoms with Crippen molar-refractivity contribution in [3.8, 4) is 0 Å². The zero-order valence-corrected chi connectivity index (χ0v) is 10.8. The van der Waals surface area contributed by atoms with Gasteiger partial charge in [0.05, 0.1) is 6.61 Å². The van der Waals surface area contributed by atoms with Crippen molar-refractivity contribution in [3.05, 3.63) is 41.2 Å². The van der Waals surface area contributed by atoms with Gasteiger partial charge in [0.1, 0.15) is 7.11 Å². The van der Waals surface area contributed by atoms with Crippen LogP contribution in [0.5, 0.6) is 0 Å². The van der Waals surface area contributed by atoms with Gasteiger partial charge in [-0.15, -0.1) is 5.10 Å². The number of benzene rings is 1. The van der Waals surface area contributed by atoms with Crippen molar-refractivity contribution in [2.45, 2.75) is 6.61 Å². The molecule has 3 N–H and O–H groups in total. The third-order valence-electron chi connectivity index (χ3n) is 2.48. The van der Waals surface area contributed by atoms with Crippen LogP contribution in [0.4, 0.5) is 5.95 Å². The lowest BCUT2D eigenvalue weighted by atomic mass is 10.0. The second-order valence-electron chi connectivity index (χ2n) is 3.75. The fourth-order valence-corrected chi connectivity index (χ4v) is 1.72. The molecule has 0 fully saturated rings. The highest BCUT2D eigenvalue weighted by Crippen LogP contribution is 2.15. The van der Waals surface area contributed by atoms with E-state index in [0.717, 1.165) is 11.1 Å². The van der Waals surface area contributed by atoms with Gasteiger partial charge >= 0.3 is 0 Å². The van der Waals surface area contributed by atoms with Crippen LogP contribution in [-0.4, -0.2) is 35.1 Å². The molecule has 1 aromatic carbocycles. The summed E-state index contributed by atoms with van der Waals surface area (Å²) < 4.78 is 5.17. The smallest absolute Gasteiger partial charge is 0.239 e. The predicted molar refractivity (Wildman–Crippen MR) is 70.6 cm³/mol. The lowest BCUT2D eigenvalue weighted by molar-refractivity contribution is 0.184. The van der Waals surface area contributed by atoms with E-state index in [2.05, 4.69) is 20.3 Å². The number of anilines is 1. The van der Waals surface area contributed by atoms with E-state index in [1.54, 1.807) is 7.11 Å². The van der Waals surface area contributed by atoms with Crippen LogP contribution in [-0.2, 0) is 16.2 Å². The second kappa shape index (κ2) is 5.96. The minimum absolute atomic E-state index is 0.156. The molecule has 2 aromatic rings. The Balaban J connectivity index is 2.48. The number of hydrogen-bond acceptors (Lipinski definition) is 6. The largest absolute Gasteiger partial charge is 0.399 e. The molecule has 0 unspecified atom stereocenters. The number of oxime groups is 1. The summed E-state index contributed by atoms with van der Waals surface area (Å²) in [6, 6.07) is 7.69. The number of hydrogen-bond donors (Lipinski definition) is 2. The Bertz CT molecular complexity index is 579. The molecule has 0 saturated carbocycles. The van der Waals surface area contributed by atoms with Crippen LogP contribution < -0.4 is 5.73 Å². The van der Waals surface area contributed by atoms with E-state index in [9.17, 15) is 0 Å². The first kappa shape index (κ1) is 13.0. The molecule has 0 spiro atoms. The third kappa shape index (κ3) is 2.89. The molecule has 1 heterocycles. The number of nitrogen functional groups attached to an aromatic ring is 1. The van der Waals surface area contributed by atoms with E-state index in [4.69, 9.17) is 15.3 Å². The molecule has 2 rings (SSSR count). The van der Waals surface area contributed by atoms with E-state index < -0.39 is 0 Å². The molecular formula is C12H15N5O2. The third-order valence-corrected chi connectivity index (χ3v) is 2.48. The average molecular weight is 261 g/mol. The molecule has 0 aliphatic rings. The highest BCUT2D eigenvalue weighted by molar-refractivity contribution is 6.11. The molecule has 7 heteroatoms. The lowest BCUT2D eigenvalue weighted by Gasteiger charge is -2.08. The maximum atomic E-state index is 5.51. The van der Waals surface area contributed by atoms with Gasteiger partial charge in [-0.1, -0.05) is 29.4 Å². The summed E-state index contributed by atoms with van der Waals surface area (Å²) in [5.41, 5.74) is 7.86. The molecular weight excluding hydrogens is 246 g/mol. The fourth-order valence-electron chi connectivity index (χ4n) is 1.72. The average Bonchev–Trinajstić information content (AvgIpc) is 2.84. The molecule has 0 saturated heterocycles. The fraction of sp³-hybridized carbons (Fsp3) is 0.250. The van der Waals surface area contributed by atoms with E-state index in [-0.39, 0.29) is 5.95 Å². The van der Waals surface area contributed by atoms with Gasteiger partial charge in [0.15, 0.2) is 11.5 Å². The Morgan fingerprint density at radius 2 is 2.16 bits per heavy atom. The quantitative estimate of drug-likeness (QED) is 0.616. The van der Waals surface area contributed by atoms with Gasteiger partial charge in [-0.25, -0.2) is 0 Å². The van der Waals surface area contributed by atoms with E-state index in [0.29, 0.717) is 18.1 Å². The van der Waals surface area contributed by atoms with Crippen molar-refractivity contribution < 1.29 is 9.57 Å². The summed E-state index contributed by atoms with van der Waals surface area (Å²) in [5.74, 6) is 0.603. The number of aromatic nitrogens is 3. The Labute approximate surface area is 110 Å². The number of ether oxygens (including phenoxy) is 1. The van der Waals surface area contributed by atoms with Crippen LogP contribution in [0.15, 0.2) is 29.4 Å². The topological polar surface area (TPSA) is 98.4 Å². The second-order valence-corrected chi connectivity index (χ2v) is 3.75. The molecule has 0 aliphatic carbocycles. The Morgan fingerprint density at radius 3 is 2.79 bits per heavy atom. The lowest BCUT2D eigenvalue weighted by Crippen LogP contribution is -2.10. The van der Waals surface area contributed by atoms with Crippen LogP contribution in [0.25, 0.3) is 0 Å². The van der Waals surface area contributed by atoms with Gasteiger partial charge in [0.25, 0.3) is 0 Å². The van der Waals surface area contributed by atoms with Crippen molar-refractivity contribution in [1.29, 1.82) is 0 Å². The van der Waals surface area contributed by atoms with Gasteiger partial charge in [-0.3, -0.25) is 5.10 Å². The summed E-state index contributed by atoms with van der Waals surface area (Å²) in [6.45, 7) is 0.461. The zero-order chi connectivity index (χ0) is 13.7. The van der Waals surface area contributed by atoms with Gasteiger partial charge in [-0.2, -0.15) is 4.98 Å². The number of aromatic amines is 1. The first-order valence-corrected chi connectivity index (χ1v) is 5.63. The van der Waals surface area contributed by atoms with E-state index in [1.807, 2.05) is 24.3 Å². The number of nitrogens with one attached hydrogen (secondary N) is 1. The number of nitrogens with two attached hydrogens (primary N) is 1. The summed E-state index contributed by atoms with van der Waals surface area (Å²) in [4.78, 5) is 8.94. The molecule has 100 valence electrons. The molecule has 7 nitrogen and oxygen atoms in total. The Kier molecular flexibility index (Phi) is 4.09. The zero-order valence-electron chi connectivity index (χ0n) is 10.8. The first-order valence-electron chi connectivity index (χ1n) is 5.63. The maximum absolute atomic E-state index is 5.51. The van der Waals surface area contributed by atoms with Crippen LogP contribution in [0.2, 0.25) is 0 Å². The molecule has 19 heavy (non-hydrogen) atoms. The molecule has 0 amide bonds. The molecule has 0 radical (unpaired) electrons. The van der Waals surface area contributed by atoms with Crippen LogP contribution in [0.1, 0.15) is 17.0 Å². The van der Waals surface area contributed by atoms with E-state index >= 15 is 0 Å². The predicted octanol–water partition coefficient (Wildman–Crippen LogP) is 0.932. The Morgan fingerprint density at radius 1 is 1.37 bits per heavy atom. The number of nitrogens with zero attached hydrogens (tertiary/aromatic N) is 3.